The van der Waals surface area contributed by atoms with Gasteiger partial charge in [0.25, 0.3) is 5.91 Å². The number of aliphatic hydroxyl groups is 1. The van der Waals surface area contributed by atoms with Crippen molar-refractivity contribution in [2.75, 3.05) is 6.54 Å². The van der Waals surface area contributed by atoms with Crippen molar-refractivity contribution in [3.05, 3.63) is 35.4 Å². The highest BCUT2D eigenvalue weighted by Crippen LogP contribution is 2.06. The van der Waals surface area contributed by atoms with Crippen molar-refractivity contribution < 1.29 is 14.7 Å². The van der Waals surface area contributed by atoms with Crippen LogP contribution in [0.3, 0.4) is 0 Å². The van der Waals surface area contributed by atoms with Crippen molar-refractivity contribution >= 4 is 11.8 Å². The number of benzene rings is 1. The average Bonchev–Trinajstić information content (AvgIpc) is 2.25. The van der Waals surface area contributed by atoms with Crippen LogP contribution in [0.15, 0.2) is 24.3 Å². The standard InChI is InChI=1S/C11H14N2O3/c1-7-4-2-3-5-8(7)11(16)13-6-9(14)10(12)15/h2-5,9,14H,6H2,1H3,(H2,12,15)(H,13,16). The lowest BCUT2D eigenvalue weighted by Gasteiger charge is -2.09. The minimum Gasteiger partial charge on any atom is -0.381 e. The van der Waals surface area contributed by atoms with Crippen LogP contribution in [0.2, 0.25) is 0 Å². The number of amides is 2. The molecule has 1 aromatic rings. The molecule has 16 heavy (non-hydrogen) atoms. The molecule has 0 saturated heterocycles. The summed E-state index contributed by atoms with van der Waals surface area (Å²) in [6.07, 6.45) is -1.35. The molecule has 1 aromatic carbocycles. The highest BCUT2D eigenvalue weighted by atomic mass is 16.3. The monoisotopic (exact) mass is 222 g/mol. The summed E-state index contributed by atoms with van der Waals surface area (Å²) in [5, 5.41) is 11.5. The Morgan fingerprint density at radius 2 is 2.06 bits per heavy atom. The molecule has 0 fully saturated rings. The Hall–Kier alpha value is -1.88. The van der Waals surface area contributed by atoms with Crippen LogP contribution >= 0.6 is 0 Å². The van der Waals surface area contributed by atoms with Crippen molar-refractivity contribution in [3.8, 4) is 0 Å². The van der Waals surface area contributed by atoms with Gasteiger partial charge in [-0.1, -0.05) is 18.2 Å². The molecule has 0 heterocycles. The summed E-state index contributed by atoms with van der Waals surface area (Å²) < 4.78 is 0. The molecular formula is C11H14N2O3. The molecular weight excluding hydrogens is 208 g/mol. The van der Waals surface area contributed by atoms with Gasteiger partial charge in [0.05, 0.1) is 6.54 Å². The third-order valence-corrected chi connectivity index (χ3v) is 2.17. The smallest absolute Gasteiger partial charge is 0.251 e. The summed E-state index contributed by atoms with van der Waals surface area (Å²) in [4.78, 5) is 22.2. The molecule has 0 aliphatic carbocycles. The van der Waals surface area contributed by atoms with Gasteiger partial charge in [-0.2, -0.15) is 0 Å². The van der Waals surface area contributed by atoms with E-state index in [1.165, 1.54) is 0 Å². The van der Waals surface area contributed by atoms with Crippen LogP contribution in [-0.2, 0) is 4.79 Å². The summed E-state index contributed by atoms with van der Waals surface area (Å²) in [7, 11) is 0. The molecule has 1 rings (SSSR count). The predicted octanol–water partition coefficient (Wildman–Crippen LogP) is -0.429. The number of nitrogens with one attached hydrogen (secondary N) is 1. The number of carbonyl (C=O) groups is 2. The van der Waals surface area contributed by atoms with Crippen LogP contribution in [-0.4, -0.2) is 29.6 Å². The van der Waals surface area contributed by atoms with Crippen molar-refractivity contribution in [3.63, 3.8) is 0 Å². The molecule has 0 aliphatic heterocycles. The number of hydrogen-bond acceptors (Lipinski definition) is 3. The van der Waals surface area contributed by atoms with Gasteiger partial charge in [-0.05, 0) is 18.6 Å². The molecule has 0 aliphatic rings. The Morgan fingerprint density at radius 1 is 1.44 bits per heavy atom. The summed E-state index contributed by atoms with van der Waals surface area (Å²) >= 11 is 0. The Bertz CT molecular complexity index is 404. The Labute approximate surface area is 93.3 Å². The second-order valence-corrected chi connectivity index (χ2v) is 3.44. The minimum atomic E-state index is -1.35. The van der Waals surface area contributed by atoms with Crippen molar-refractivity contribution in [2.24, 2.45) is 5.73 Å². The first-order chi connectivity index (χ1) is 7.52. The van der Waals surface area contributed by atoms with Crippen molar-refractivity contribution in [2.45, 2.75) is 13.0 Å². The normalized spacial score (nSPS) is 11.9. The fraction of sp³-hybridized carbons (Fsp3) is 0.273. The maximum absolute atomic E-state index is 11.6. The summed E-state index contributed by atoms with van der Waals surface area (Å²) in [6.45, 7) is 1.63. The molecule has 1 unspecified atom stereocenters. The number of hydrogen-bond donors (Lipinski definition) is 3. The molecule has 1 atom stereocenters. The summed E-state index contributed by atoms with van der Waals surface area (Å²) in [5.74, 6) is -1.19. The number of aryl methyl sites for hydroxylation is 1. The predicted molar refractivity (Wildman–Crippen MR) is 58.7 cm³/mol. The van der Waals surface area contributed by atoms with Crippen LogP contribution in [0, 0.1) is 6.92 Å². The maximum Gasteiger partial charge on any atom is 0.251 e. The topological polar surface area (TPSA) is 92.4 Å². The van der Waals surface area contributed by atoms with Crippen LogP contribution in [0.25, 0.3) is 0 Å². The van der Waals surface area contributed by atoms with E-state index in [9.17, 15) is 9.59 Å². The van der Waals surface area contributed by atoms with E-state index >= 15 is 0 Å². The fourth-order valence-corrected chi connectivity index (χ4v) is 1.21. The Kier molecular flexibility index (Phi) is 4.02. The first-order valence-electron chi connectivity index (χ1n) is 4.83. The van der Waals surface area contributed by atoms with Crippen molar-refractivity contribution in [1.29, 1.82) is 0 Å². The lowest BCUT2D eigenvalue weighted by atomic mass is 10.1. The lowest BCUT2D eigenvalue weighted by Crippen LogP contribution is -2.40. The van der Waals surface area contributed by atoms with Gasteiger partial charge in [0.15, 0.2) is 0 Å². The number of rotatable bonds is 4. The van der Waals surface area contributed by atoms with Gasteiger partial charge in [-0.25, -0.2) is 0 Å². The molecule has 5 nitrogen and oxygen atoms in total. The average molecular weight is 222 g/mol. The van der Waals surface area contributed by atoms with Gasteiger partial charge < -0.3 is 16.2 Å². The van der Waals surface area contributed by atoms with E-state index in [1.807, 2.05) is 6.07 Å². The third kappa shape index (κ3) is 3.06. The largest absolute Gasteiger partial charge is 0.381 e. The Balaban J connectivity index is 2.60. The van der Waals surface area contributed by atoms with Crippen LogP contribution in [0.5, 0.6) is 0 Å². The first-order valence-corrected chi connectivity index (χ1v) is 4.83. The van der Waals surface area contributed by atoms with Gasteiger partial charge in [-0.3, -0.25) is 9.59 Å². The number of primary amides is 1. The SMILES string of the molecule is Cc1ccccc1C(=O)NCC(O)C(N)=O. The van der Waals surface area contributed by atoms with Crippen LogP contribution in [0.4, 0.5) is 0 Å². The molecule has 0 aromatic heterocycles. The molecule has 4 N–H and O–H groups in total. The van der Waals surface area contributed by atoms with Gasteiger partial charge in [0, 0.05) is 5.56 Å². The zero-order chi connectivity index (χ0) is 12.1. The molecule has 0 spiro atoms. The van der Waals surface area contributed by atoms with Gasteiger partial charge in [-0.15, -0.1) is 0 Å². The van der Waals surface area contributed by atoms with Gasteiger partial charge in [0.2, 0.25) is 5.91 Å². The van der Waals surface area contributed by atoms with E-state index < -0.39 is 12.0 Å². The zero-order valence-corrected chi connectivity index (χ0v) is 8.93. The molecule has 0 bridgehead atoms. The van der Waals surface area contributed by atoms with Crippen molar-refractivity contribution in [1.82, 2.24) is 5.32 Å². The van der Waals surface area contributed by atoms with E-state index in [-0.39, 0.29) is 12.5 Å². The highest BCUT2D eigenvalue weighted by molar-refractivity contribution is 5.95. The minimum absolute atomic E-state index is 0.178. The quantitative estimate of drug-likeness (QED) is 0.645. The van der Waals surface area contributed by atoms with E-state index in [0.29, 0.717) is 5.56 Å². The fourth-order valence-electron chi connectivity index (χ4n) is 1.21. The van der Waals surface area contributed by atoms with Crippen LogP contribution < -0.4 is 11.1 Å². The lowest BCUT2D eigenvalue weighted by molar-refractivity contribution is -0.125. The van der Waals surface area contributed by atoms with E-state index in [2.05, 4.69) is 5.32 Å². The van der Waals surface area contributed by atoms with Gasteiger partial charge >= 0.3 is 0 Å². The molecule has 2 amide bonds. The number of nitrogens with two attached hydrogens (primary N) is 1. The van der Waals surface area contributed by atoms with E-state index in [4.69, 9.17) is 10.8 Å². The molecule has 5 heteroatoms. The molecule has 0 saturated carbocycles. The summed E-state index contributed by atoms with van der Waals surface area (Å²) in [5.41, 5.74) is 6.19. The first kappa shape index (κ1) is 12.2. The second kappa shape index (κ2) is 5.27. The number of aliphatic hydroxyl groups excluding tert-OH is 1. The van der Waals surface area contributed by atoms with E-state index in [0.717, 1.165) is 5.56 Å². The third-order valence-electron chi connectivity index (χ3n) is 2.17. The number of carbonyl (C=O) groups excluding carboxylic acids is 2. The molecule has 0 radical (unpaired) electrons. The second-order valence-electron chi connectivity index (χ2n) is 3.44. The highest BCUT2D eigenvalue weighted by Gasteiger charge is 2.13. The van der Waals surface area contributed by atoms with Crippen LogP contribution in [0.1, 0.15) is 15.9 Å². The summed E-state index contributed by atoms with van der Waals surface area (Å²) in [6, 6.07) is 7.04. The molecule has 86 valence electrons. The maximum atomic E-state index is 11.6. The zero-order valence-electron chi connectivity index (χ0n) is 8.93. The Morgan fingerprint density at radius 3 is 2.62 bits per heavy atom. The van der Waals surface area contributed by atoms with E-state index in [1.54, 1.807) is 25.1 Å². The van der Waals surface area contributed by atoms with Gasteiger partial charge in [0.1, 0.15) is 6.10 Å².